The van der Waals surface area contributed by atoms with E-state index in [-0.39, 0.29) is 0 Å². The lowest BCUT2D eigenvalue weighted by Crippen LogP contribution is -1.91. The summed E-state index contributed by atoms with van der Waals surface area (Å²) in [6, 6.07) is 4.08. The van der Waals surface area contributed by atoms with Gasteiger partial charge in [-0.1, -0.05) is 11.2 Å². The second-order valence-electron chi connectivity index (χ2n) is 3.84. The molecule has 2 heterocycles. The van der Waals surface area contributed by atoms with Crippen LogP contribution in [0.4, 0.5) is 0 Å². The van der Waals surface area contributed by atoms with Crippen molar-refractivity contribution in [2.75, 3.05) is 5.75 Å². The summed E-state index contributed by atoms with van der Waals surface area (Å²) < 4.78 is 5.12. The highest BCUT2D eigenvalue weighted by Gasteiger charge is 2.12. The van der Waals surface area contributed by atoms with Gasteiger partial charge < -0.3 is 4.52 Å². The lowest BCUT2D eigenvalue weighted by Gasteiger charge is -2.00. The van der Waals surface area contributed by atoms with Crippen LogP contribution in [0.2, 0.25) is 0 Å². The van der Waals surface area contributed by atoms with Gasteiger partial charge in [-0.2, -0.15) is 10.2 Å². The Labute approximate surface area is 109 Å². The van der Waals surface area contributed by atoms with Crippen molar-refractivity contribution in [3.8, 4) is 17.6 Å². The summed E-state index contributed by atoms with van der Waals surface area (Å²) in [6.45, 7) is 3.96. The normalized spacial score (nSPS) is 10.3. The number of nitrogens with zero attached hydrogens (tertiary/aromatic N) is 4. The molecule has 2 rings (SSSR count). The third-order valence-corrected chi connectivity index (χ3v) is 3.07. The van der Waals surface area contributed by atoms with Gasteiger partial charge in [-0.3, -0.25) is 4.98 Å². The van der Waals surface area contributed by atoms with Crippen LogP contribution in [0.5, 0.6) is 0 Å². The highest BCUT2D eigenvalue weighted by Crippen LogP contribution is 2.19. The van der Waals surface area contributed by atoms with Crippen LogP contribution < -0.4 is 0 Å². The molecule has 0 atom stereocenters. The summed E-state index contributed by atoms with van der Waals surface area (Å²) in [5.41, 5.74) is 2.86. The summed E-state index contributed by atoms with van der Waals surface area (Å²) in [7, 11) is 0. The van der Waals surface area contributed by atoms with Crippen LogP contribution in [-0.4, -0.2) is 20.9 Å². The van der Waals surface area contributed by atoms with Crippen LogP contribution in [0.3, 0.4) is 0 Å². The van der Waals surface area contributed by atoms with Gasteiger partial charge in [0.25, 0.3) is 0 Å². The maximum Gasteiger partial charge on any atom is 0.237 e. The van der Waals surface area contributed by atoms with Gasteiger partial charge in [0.05, 0.1) is 17.6 Å². The molecule has 6 heteroatoms. The second kappa shape index (κ2) is 5.65. The molecule has 0 unspecified atom stereocenters. The molecule has 0 N–H and O–H groups in total. The first-order valence-corrected chi connectivity index (χ1v) is 6.57. The van der Waals surface area contributed by atoms with E-state index in [1.165, 1.54) is 11.8 Å². The van der Waals surface area contributed by atoms with Crippen molar-refractivity contribution < 1.29 is 4.52 Å². The number of aryl methyl sites for hydroxylation is 2. The Morgan fingerprint density at radius 1 is 1.44 bits per heavy atom. The van der Waals surface area contributed by atoms with E-state index in [0.717, 1.165) is 16.8 Å². The molecule has 0 amide bonds. The van der Waals surface area contributed by atoms with E-state index in [1.54, 1.807) is 6.20 Å². The van der Waals surface area contributed by atoms with E-state index in [2.05, 4.69) is 21.2 Å². The van der Waals surface area contributed by atoms with Crippen molar-refractivity contribution in [1.82, 2.24) is 15.1 Å². The fraction of sp³-hybridized carbons (Fsp3) is 0.333. The van der Waals surface area contributed by atoms with Crippen LogP contribution >= 0.6 is 11.8 Å². The molecule has 92 valence electrons. The molecule has 0 aromatic carbocycles. The Balaban J connectivity index is 2.16. The van der Waals surface area contributed by atoms with Gasteiger partial charge in [-0.05, 0) is 25.0 Å². The minimum atomic E-state index is 0.416. The Bertz CT molecular complexity index is 588. The summed E-state index contributed by atoms with van der Waals surface area (Å²) >= 11 is 1.44. The lowest BCUT2D eigenvalue weighted by atomic mass is 10.1. The van der Waals surface area contributed by atoms with Crippen molar-refractivity contribution in [3.63, 3.8) is 0 Å². The van der Waals surface area contributed by atoms with E-state index in [0.29, 0.717) is 23.2 Å². The maximum absolute atomic E-state index is 8.44. The number of hydrogen-bond donors (Lipinski definition) is 0. The fourth-order valence-corrected chi connectivity index (χ4v) is 2.03. The van der Waals surface area contributed by atoms with E-state index in [4.69, 9.17) is 9.78 Å². The second-order valence-corrected chi connectivity index (χ2v) is 4.83. The zero-order chi connectivity index (χ0) is 13.0. The number of aromatic nitrogens is 3. The van der Waals surface area contributed by atoms with Crippen molar-refractivity contribution in [3.05, 3.63) is 29.3 Å². The molecule has 0 saturated heterocycles. The smallest absolute Gasteiger partial charge is 0.237 e. The molecule has 0 saturated carbocycles. The minimum absolute atomic E-state index is 0.416. The molecule has 5 nitrogen and oxygen atoms in total. The number of hydrogen-bond acceptors (Lipinski definition) is 6. The van der Waals surface area contributed by atoms with Crippen LogP contribution in [0.25, 0.3) is 11.5 Å². The van der Waals surface area contributed by atoms with Crippen molar-refractivity contribution in [2.45, 2.75) is 19.6 Å². The number of rotatable bonds is 4. The van der Waals surface area contributed by atoms with E-state index < -0.39 is 0 Å². The molecule has 0 fully saturated rings. The minimum Gasteiger partial charge on any atom is -0.338 e. The molecular weight excluding hydrogens is 248 g/mol. The predicted molar refractivity (Wildman–Crippen MR) is 68.8 cm³/mol. The maximum atomic E-state index is 8.44. The van der Waals surface area contributed by atoms with E-state index >= 15 is 0 Å². The average molecular weight is 260 g/mol. The van der Waals surface area contributed by atoms with Crippen LogP contribution in [0, 0.1) is 25.2 Å². The van der Waals surface area contributed by atoms with E-state index in [1.807, 2.05) is 19.9 Å². The van der Waals surface area contributed by atoms with Gasteiger partial charge in [0.1, 0.15) is 5.69 Å². The third kappa shape index (κ3) is 2.87. The predicted octanol–water partition coefficient (Wildman–Crippen LogP) is 2.51. The SMILES string of the molecule is Cc1cnc(-c2noc(CSCC#N)n2)c(C)c1. The van der Waals surface area contributed by atoms with Gasteiger partial charge in [0.2, 0.25) is 11.7 Å². The van der Waals surface area contributed by atoms with Gasteiger partial charge in [-0.25, -0.2) is 0 Å². The van der Waals surface area contributed by atoms with Gasteiger partial charge in [0, 0.05) is 6.20 Å². The molecule has 2 aromatic heterocycles. The number of pyridine rings is 1. The Kier molecular flexibility index (Phi) is 3.95. The van der Waals surface area contributed by atoms with Crippen LogP contribution in [0.1, 0.15) is 17.0 Å². The zero-order valence-corrected chi connectivity index (χ0v) is 11.0. The van der Waals surface area contributed by atoms with Gasteiger partial charge in [-0.15, -0.1) is 11.8 Å². The van der Waals surface area contributed by atoms with E-state index in [9.17, 15) is 0 Å². The molecule has 0 aliphatic heterocycles. The first-order valence-electron chi connectivity index (χ1n) is 5.41. The largest absolute Gasteiger partial charge is 0.338 e. The Morgan fingerprint density at radius 2 is 2.28 bits per heavy atom. The standard InChI is InChI=1S/C12H12N4OS/c1-8-5-9(2)11(14-6-8)12-15-10(17-16-12)7-18-4-3-13/h5-6H,4,7H2,1-2H3. The first kappa shape index (κ1) is 12.6. The third-order valence-electron chi connectivity index (χ3n) is 2.29. The summed E-state index contributed by atoms with van der Waals surface area (Å²) in [5.74, 6) is 1.98. The number of thioether (sulfide) groups is 1. The number of nitriles is 1. The Hall–Kier alpha value is -1.87. The molecule has 0 spiro atoms. The fourth-order valence-electron chi connectivity index (χ4n) is 1.54. The average Bonchev–Trinajstić information content (AvgIpc) is 2.78. The monoisotopic (exact) mass is 260 g/mol. The lowest BCUT2D eigenvalue weighted by molar-refractivity contribution is 0.391. The molecule has 0 radical (unpaired) electrons. The highest BCUT2D eigenvalue weighted by atomic mass is 32.2. The van der Waals surface area contributed by atoms with Crippen LogP contribution in [-0.2, 0) is 5.75 Å². The quantitative estimate of drug-likeness (QED) is 0.786. The molecule has 18 heavy (non-hydrogen) atoms. The Morgan fingerprint density at radius 3 is 3.00 bits per heavy atom. The molecule has 0 aliphatic rings. The zero-order valence-electron chi connectivity index (χ0n) is 10.2. The molecule has 0 bridgehead atoms. The summed E-state index contributed by atoms with van der Waals surface area (Å²) in [4.78, 5) is 8.59. The summed E-state index contributed by atoms with van der Waals surface area (Å²) in [5, 5.41) is 12.4. The van der Waals surface area contributed by atoms with Gasteiger partial charge >= 0.3 is 0 Å². The topological polar surface area (TPSA) is 75.6 Å². The highest BCUT2D eigenvalue weighted by molar-refractivity contribution is 7.98. The van der Waals surface area contributed by atoms with Crippen molar-refractivity contribution in [1.29, 1.82) is 5.26 Å². The van der Waals surface area contributed by atoms with Gasteiger partial charge in [0.15, 0.2) is 0 Å². The first-order chi connectivity index (χ1) is 8.70. The molecular formula is C12H12N4OS. The van der Waals surface area contributed by atoms with Crippen molar-refractivity contribution in [2.24, 2.45) is 0 Å². The van der Waals surface area contributed by atoms with Crippen LogP contribution in [0.15, 0.2) is 16.8 Å². The molecule has 0 aliphatic carbocycles. The summed E-state index contributed by atoms with van der Waals surface area (Å²) in [6.07, 6.45) is 1.78. The van der Waals surface area contributed by atoms with Crippen molar-refractivity contribution >= 4 is 11.8 Å². The molecule has 2 aromatic rings.